The molecule has 1 unspecified atom stereocenters. The van der Waals surface area contributed by atoms with Gasteiger partial charge in [0.25, 0.3) is 0 Å². The van der Waals surface area contributed by atoms with Crippen molar-refractivity contribution >= 4 is 15.5 Å². The third-order valence-corrected chi connectivity index (χ3v) is 5.89. The molecule has 0 amide bonds. The van der Waals surface area contributed by atoms with Crippen LogP contribution in [0, 0.1) is 11.3 Å². The van der Waals surface area contributed by atoms with Gasteiger partial charge in [0.05, 0.1) is 10.6 Å². The van der Waals surface area contributed by atoms with Crippen LogP contribution >= 0.6 is 0 Å². The van der Waals surface area contributed by atoms with Gasteiger partial charge in [0.15, 0.2) is 9.84 Å². The molecule has 1 aromatic carbocycles. The van der Waals surface area contributed by atoms with Gasteiger partial charge in [0.1, 0.15) is 0 Å². The lowest BCUT2D eigenvalue weighted by atomic mass is 10.1. The van der Waals surface area contributed by atoms with Crippen LogP contribution in [0.4, 0.5) is 5.69 Å². The highest BCUT2D eigenvalue weighted by Gasteiger charge is 2.44. The molecule has 19 heavy (non-hydrogen) atoms. The number of benzene rings is 1. The summed E-state index contributed by atoms with van der Waals surface area (Å²) in [5.74, 6) is 0.951. The molecule has 0 radical (unpaired) electrons. The second-order valence-corrected chi connectivity index (χ2v) is 8.22. The Morgan fingerprint density at radius 2 is 1.84 bits per heavy atom. The Kier molecular flexibility index (Phi) is 3.90. The van der Waals surface area contributed by atoms with Gasteiger partial charge in [-0.25, -0.2) is 8.42 Å². The molecule has 1 aliphatic rings. The van der Waals surface area contributed by atoms with Crippen LogP contribution in [0.15, 0.2) is 29.2 Å². The van der Waals surface area contributed by atoms with Crippen LogP contribution in [0.1, 0.15) is 33.6 Å². The fourth-order valence-electron chi connectivity index (χ4n) is 2.33. The van der Waals surface area contributed by atoms with E-state index in [-0.39, 0.29) is 5.75 Å². The topological polar surface area (TPSA) is 46.2 Å². The maximum atomic E-state index is 11.9. The smallest absolute Gasteiger partial charge is 0.178 e. The number of anilines is 1. The van der Waals surface area contributed by atoms with E-state index in [0.29, 0.717) is 16.7 Å². The van der Waals surface area contributed by atoms with Gasteiger partial charge in [-0.1, -0.05) is 20.8 Å². The predicted molar refractivity (Wildman–Crippen MR) is 79.2 cm³/mol. The largest absolute Gasteiger partial charge is 0.385 e. The maximum absolute atomic E-state index is 11.9. The van der Waals surface area contributed by atoms with Crippen molar-refractivity contribution in [1.29, 1.82) is 0 Å². The summed E-state index contributed by atoms with van der Waals surface area (Å²) in [7, 11) is -3.09. The minimum atomic E-state index is -3.09. The number of hydrogen-bond acceptors (Lipinski definition) is 3. The Morgan fingerprint density at radius 1 is 1.26 bits per heavy atom. The molecule has 0 bridgehead atoms. The van der Waals surface area contributed by atoms with Gasteiger partial charge in [-0.15, -0.1) is 0 Å². The zero-order valence-corrected chi connectivity index (χ0v) is 12.8. The molecule has 1 aromatic rings. The summed E-state index contributed by atoms with van der Waals surface area (Å²) in [5, 5.41) is 3.38. The molecule has 3 nitrogen and oxygen atoms in total. The Balaban J connectivity index is 1.95. The van der Waals surface area contributed by atoms with Gasteiger partial charge < -0.3 is 5.32 Å². The molecule has 1 aliphatic carbocycles. The van der Waals surface area contributed by atoms with E-state index in [2.05, 4.69) is 19.2 Å². The number of nitrogens with one attached hydrogen (secondary N) is 1. The molecular formula is C15H23NO2S. The van der Waals surface area contributed by atoms with Crippen LogP contribution in [0.25, 0.3) is 0 Å². The van der Waals surface area contributed by atoms with E-state index in [9.17, 15) is 8.42 Å². The van der Waals surface area contributed by atoms with Gasteiger partial charge in [-0.3, -0.25) is 0 Å². The van der Waals surface area contributed by atoms with Gasteiger partial charge in [-0.05, 0) is 48.4 Å². The number of sulfone groups is 1. The molecule has 0 aliphatic heterocycles. The van der Waals surface area contributed by atoms with Crippen molar-refractivity contribution in [2.75, 3.05) is 17.6 Å². The Hall–Kier alpha value is -1.03. The molecule has 0 aromatic heterocycles. The summed E-state index contributed by atoms with van der Waals surface area (Å²) in [6.45, 7) is 7.40. The van der Waals surface area contributed by atoms with Gasteiger partial charge in [0, 0.05) is 12.2 Å². The van der Waals surface area contributed by atoms with E-state index in [1.54, 1.807) is 12.1 Å². The molecule has 0 saturated heterocycles. The predicted octanol–water partition coefficient (Wildman–Crippen LogP) is 3.33. The second-order valence-electron chi connectivity index (χ2n) is 6.11. The minimum Gasteiger partial charge on any atom is -0.385 e. The lowest BCUT2D eigenvalue weighted by molar-refractivity contribution is 0.573. The van der Waals surface area contributed by atoms with Crippen molar-refractivity contribution in [3.63, 3.8) is 0 Å². The van der Waals surface area contributed by atoms with E-state index in [1.807, 2.05) is 19.1 Å². The van der Waals surface area contributed by atoms with E-state index >= 15 is 0 Å². The minimum absolute atomic E-state index is 0.218. The monoisotopic (exact) mass is 281 g/mol. The van der Waals surface area contributed by atoms with Crippen molar-refractivity contribution in [3.8, 4) is 0 Å². The van der Waals surface area contributed by atoms with E-state index in [4.69, 9.17) is 0 Å². The summed E-state index contributed by atoms with van der Waals surface area (Å²) in [5.41, 5.74) is 1.47. The molecule has 1 saturated carbocycles. The first-order valence-electron chi connectivity index (χ1n) is 6.92. The first kappa shape index (κ1) is 14.4. The lowest BCUT2D eigenvalue weighted by Gasteiger charge is -2.09. The summed E-state index contributed by atoms with van der Waals surface area (Å²) in [6, 6.07) is 7.12. The van der Waals surface area contributed by atoms with E-state index in [0.717, 1.165) is 18.2 Å². The Morgan fingerprint density at radius 3 is 2.32 bits per heavy atom. The van der Waals surface area contributed by atoms with Crippen LogP contribution in [0.2, 0.25) is 0 Å². The summed E-state index contributed by atoms with van der Waals surface area (Å²) < 4.78 is 23.8. The lowest BCUT2D eigenvalue weighted by Crippen LogP contribution is -2.08. The third-order valence-electron chi connectivity index (χ3n) is 3.96. The highest BCUT2D eigenvalue weighted by molar-refractivity contribution is 7.91. The van der Waals surface area contributed by atoms with Crippen LogP contribution in [-0.4, -0.2) is 20.7 Å². The molecule has 1 atom stereocenters. The third kappa shape index (κ3) is 3.50. The van der Waals surface area contributed by atoms with E-state index in [1.165, 1.54) is 6.42 Å². The molecule has 0 heterocycles. The molecule has 1 N–H and O–H groups in total. The Bertz CT molecular complexity index is 532. The van der Waals surface area contributed by atoms with Crippen LogP contribution in [-0.2, 0) is 9.84 Å². The van der Waals surface area contributed by atoms with Crippen molar-refractivity contribution in [3.05, 3.63) is 24.3 Å². The molecular weight excluding hydrogens is 258 g/mol. The molecule has 2 rings (SSSR count). The number of rotatable bonds is 6. The average molecular weight is 281 g/mol. The standard InChI is InChI=1S/C15H23NO2S/c1-4-9-19(17,18)14-7-5-13(6-8-14)16-11-12-10-15(12,2)3/h5-8,12,16H,4,9-11H2,1-3H3. The fourth-order valence-corrected chi connectivity index (χ4v) is 3.66. The maximum Gasteiger partial charge on any atom is 0.178 e. The van der Waals surface area contributed by atoms with Crippen LogP contribution in [0.3, 0.4) is 0 Å². The highest BCUT2D eigenvalue weighted by Crippen LogP contribution is 2.51. The zero-order valence-electron chi connectivity index (χ0n) is 11.9. The van der Waals surface area contributed by atoms with Crippen LogP contribution < -0.4 is 5.32 Å². The van der Waals surface area contributed by atoms with Crippen molar-refractivity contribution in [1.82, 2.24) is 0 Å². The normalized spacial score (nSPS) is 21.1. The first-order chi connectivity index (χ1) is 8.85. The summed E-state index contributed by atoms with van der Waals surface area (Å²) in [6.07, 6.45) is 1.92. The number of hydrogen-bond donors (Lipinski definition) is 1. The first-order valence-corrected chi connectivity index (χ1v) is 8.57. The van der Waals surface area contributed by atoms with E-state index < -0.39 is 9.84 Å². The summed E-state index contributed by atoms with van der Waals surface area (Å²) in [4.78, 5) is 0.423. The quantitative estimate of drug-likeness (QED) is 0.870. The highest BCUT2D eigenvalue weighted by atomic mass is 32.2. The molecule has 1 fully saturated rings. The van der Waals surface area contributed by atoms with Crippen molar-refractivity contribution in [2.24, 2.45) is 11.3 Å². The second kappa shape index (κ2) is 5.16. The zero-order chi connectivity index (χ0) is 14.1. The average Bonchev–Trinajstić information content (AvgIpc) is 2.95. The van der Waals surface area contributed by atoms with Crippen LogP contribution in [0.5, 0.6) is 0 Å². The van der Waals surface area contributed by atoms with Crippen molar-refractivity contribution in [2.45, 2.75) is 38.5 Å². The molecule has 106 valence electrons. The molecule has 0 spiro atoms. The van der Waals surface area contributed by atoms with Gasteiger partial charge in [0.2, 0.25) is 0 Å². The van der Waals surface area contributed by atoms with Gasteiger partial charge >= 0.3 is 0 Å². The van der Waals surface area contributed by atoms with Gasteiger partial charge in [-0.2, -0.15) is 0 Å². The Labute approximate surface area is 116 Å². The SMILES string of the molecule is CCCS(=O)(=O)c1ccc(NCC2CC2(C)C)cc1. The summed E-state index contributed by atoms with van der Waals surface area (Å²) >= 11 is 0. The van der Waals surface area contributed by atoms with Crippen molar-refractivity contribution < 1.29 is 8.42 Å². The molecule has 4 heteroatoms. The fraction of sp³-hybridized carbons (Fsp3) is 0.600.